The van der Waals surface area contributed by atoms with Crippen LogP contribution in [0, 0.1) is 5.92 Å². The van der Waals surface area contributed by atoms with Crippen molar-refractivity contribution in [1.29, 1.82) is 0 Å². The van der Waals surface area contributed by atoms with Crippen molar-refractivity contribution in [2.45, 2.75) is 18.9 Å². The number of hydrogen-bond donors (Lipinski definition) is 1. The van der Waals surface area contributed by atoms with Gasteiger partial charge in [-0.25, -0.2) is 4.79 Å². The number of methoxy groups -OCH3 is 1. The van der Waals surface area contributed by atoms with Gasteiger partial charge in [0.1, 0.15) is 17.1 Å². The maximum Gasteiger partial charge on any atom is 0.343 e. The monoisotopic (exact) mass is 276 g/mol. The molecule has 1 aliphatic heterocycles. The zero-order chi connectivity index (χ0) is 14.7. The van der Waals surface area contributed by atoms with Crippen molar-refractivity contribution in [2.75, 3.05) is 7.11 Å². The molecule has 0 bridgehead atoms. The van der Waals surface area contributed by atoms with Crippen molar-refractivity contribution in [2.24, 2.45) is 5.92 Å². The quantitative estimate of drug-likeness (QED) is 0.606. The standard InChI is InChI=1S/C14H12O6/c1-6-3-10(16)12(17)14(6)8-4-7(19-2)5-9(15)11(8)13(18)20-14/h4-6,15H,3H2,1-2H3. The smallest absolute Gasteiger partial charge is 0.343 e. The van der Waals surface area contributed by atoms with Crippen LogP contribution in [0.5, 0.6) is 11.5 Å². The second-order valence-corrected chi connectivity index (χ2v) is 5.05. The number of fused-ring (bicyclic) bond motifs is 2. The Morgan fingerprint density at radius 3 is 2.60 bits per heavy atom. The Morgan fingerprint density at radius 1 is 1.35 bits per heavy atom. The summed E-state index contributed by atoms with van der Waals surface area (Å²) >= 11 is 0. The molecular formula is C14H12O6. The molecule has 6 heteroatoms. The van der Waals surface area contributed by atoms with Crippen molar-refractivity contribution >= 4 is 17.5 Å². The molecule has 1 fully saturated rings. The number of rotatable bonds is 1. The predicted octanol–water partition coefficient (Wildman–Crippen LogP) is 0.944. The van der Waals surface area contributed by atoms with Crippen molar-refractivity contribution in [3.8, 4) is 11.5 Å². The second-order valence-electron chi connectivity index (χ2n) is 5.05. The van der Waals surface area contributed by atoms with Crippen molar-refractivity contribution in [1.82, 2.24) is 0 Å². The highest BCUT2D eigenvalue weighted by molar-refractivity contribution is 6.43. The highest BCUT2D eigenvalue weighted by atomic mass is 16.6. The fourth-order valence-corrected chi connectivity index (χ4v) is 2.96. The first-order chi connectivity index (χ1) is 9.41. The second kappa shape index (κ2) is 3.82. The minimum Gasteiger partial charge on any atom is -0.507 e. The van der Waals surface area contributed by atoms with Gasteiger partial charge in [-0.05, 0) is 6.07 Å². The fraction of sp³-hybridized carbons (Fsp3) is 0.357. The van der Waals surface area contributed by atoms with E-state index in [1.807, 2.05) is 0 Å². The number of carbonyl (C=O) groups excluding carboxylic acids is 3. The number of aromatic hydroxyl groups is 1. The van der Waals surface area contributed by atoms with Gasteiger partial charge in [0.15, 0.2) is 0 Å². The summed E-state index contributed by atoms with van der Waals surface area (Å²) in [6, 6.07) is 2.73. The lowest BCUT2D eigenvalue weighted by Gasteiger charge is -2.25. The van der Waals surface area contributed by atoms with Gasteiger partial charge in [-0.1, -0.05) is 6.92 Å². The molecule has 0 amide bonds. The number of ketones is 2. The van der Waals surface area contributed by atoms with Crippen LogP contribution in [0.1, 0.15) is 29.3 Å². The number of carbonyl (C=O) groups is 3. The van der Waals surface area contributed by atoms with E-state index in [1.165, 1.54) is 19.2 Å². The van der Waals surface area contributed by atoms with E-state index < -0.39 is 29.1 Å². The molecule has 0 saturated heterocycles. The lowest BCUT2D eigenvalue weighted by Crippen LogP contribution is -2.38. The molecule has 2 atom stereocenters. The third-order valence-electron chi connectivity index (χ3n) is 3.96. The molecule has 6 nitrogen and oxygen atoms in total. The number of hydrogen-bond acceptors (Lipinski definition) is 6. The van der Waals surface area contributed by atoms with Crippen LogP contribution in [0.15, 0.2) is 12.1 Å². The van der Waals surface area contributed by atoms with Crippen LogP contribution in [0.25, 0.3) is 0 Å². The molecule has 2 unspecified atom stereocenters. The number of phenolic OH excluding ortho intramolecular Hbond substituents is 1. The molecule has 2 aliphatic rings. The molecule has 1 aliphatic carbocycles. The zero-order valence-electron chi connectivity index (χ0n) is 10.9. The van der Waals surface area contributed by atoms with Crippen LogP contribution in [-0.2, 0) is 19.9 Å². The first kappa shape index (κ1) is 12.7. The lowest BCUT2D eigenvalue weighted by atomic mass is 9.83. The highest BCUT2D eigenvalue weighted by Gasteiger charge is 2.62. The molecule has 1 aromatic carbocycles. The fourth-order valence-electron chi connectivity index (χ4n) is 2.96. The molecule has 1 aromatic rings. The summed E-state index contributed by atoms with van der Waals surface area (Å²) in [6.07, 6.45) is 0.0174. The van der Waals surface area contributed by atoms with Crippen molar-refractivity contribution < 1.29 is 29.0 Å². The Labute approximate surface area is 114 Å². The summed E-state index contributed by atoms with van der Waals surface area (Å²) < 4.78 is 10.3. The number of benzene rings is 1. The Morgan fingerprint density at radius 2 is 2.05 bits per heavy atom. The Bertz CT molecular complexity index is 662. The minimum atomic E-state index is -1.62. The number of Topliss-reactive ketones (excluding diaryl/α,β-unsaturated/α-hetero) is 2. The van der Waals surface area contributed by atoms with E-state index in [-0.39, 0.29) is 23.3 Å². The summed E-state index contributed by atoms with van der Waals surface area (Å²) in [5, 5.41) is 9.92. The lowest BCUT2D eigenvalue weighted by molar-refractivity contribution is -0.144. The van der Waals surface area contributed by atoms with Crippen molar-refractivity contribution in [3.63, 3.8) is 0 Å². The van der Waals surface area contributed by atoms with Gasteiger partial charge in [0, 0.05) is 24.0 Å². The van der Waals surface area contributed by atoms with Gasteiger partial charge in [0.2, 0.25) is 17.2 Å². The maximum absolute atomic E-state index is 12.2. The van der Waals surface area contributed by atoms with E-state index >= 15 is 0 Å². The first-order valence-corrected chi connectivity index (χ1v) is 6.14. The summed E-state index contributed by atoms with van der Waals surface area (Å²) in [6.45, 7) is 1.67. The van der Waals surface area contributed by atoms with E-state index in [4.69, 9.17) is 9.47 Å². The molecule has 3 rings (SSSR count). The zero-order valence-corrected chi connectivity index (χ0v) is 10.9. The maximum atomic E-state index is 12.2. The van der Waals surface area contributed by atoms with Crippen molar-refractivity contribution in [3.05, 3.63) is 23.3 Å². The van der Waals surface area contributed by atoms with E-state index in [0.717, 1.165) is 0 Å². The van der Waals surface area contributed by atoms with Gasteiger partial charge in [0.05, 0.1) is 7.11 Å². The summed E-state index contributed by atoms with van der Waals surface area (Å²) in [5.41, 5.74) is -1.47. The average molecular weight is 276 g/mol. The first-order valence-electron chi connectivity index (χ1n) is 6.14. The summed E-state index contributed by atoms with van der Waals surface area (Å²) in [4.78, 5) is 35.8. The number of phenols is 1. The van der Waals surface area contributed by atoms with Crippen LogP contribution in [-0.4, -0.2) is 29.8 Å². The largest absolute Gasteiger partial charge is 0.507 e. The van der Waals surface area contributed by atoms with Crippen LogP contribution in [0.3, 0.4) is 0 Å². The minimum absolute atomic E-state index is 0.0174. The molecule has 0 radical (unpaired) electrons. The van der Waals surface area contributed by atoms with Gasteiger partial charge in [0.25, 0.3) is 0 Å². The molecule has 20 heavy (non-hydrogen) atoms. The average Bonchev–Trinajstić information content (AvgIpc) is 2.81. The van der Waals surface area contributed by atoms with E-state index in [9.17, 15) is 19.5 Å². The topological polar surface area (TPSA) is 89.9 Å². The molecule has 1 saturated carbocycles. The van der Waals surface area contributed by atoms with Crippen LogP contribution in [0.4, 0.5) is 0 Å². The molecule has 1 N–H and O–H groups in total. The molecule has 1 spiro atoms. The van der Waals surface area contributed by atoms with Gasteiger partial charge in [-0.3, -0.25) is 9.59 Å². The van der Waals surface area contributed by atoms with E-state index in [2.05, 4.69) is 0 Å². The molecule has 104 valence electrons. The number of esters is 1. The van der Waals surface area contributed by atoms with Crippen LogP contribution < -0.4 is 4.74 Å². The molecule has 1 heterocycles. The van der Waals surface area contributed by atoms with Crippen LogP contribution in [0.2, 0.25) is 0 Å². The van der Waals surface area contributed by atoms with E-state index in [1.54, 1.807) is 6.92 Å². The van der Waals surface area contributed by atoms with E-state index in [0.29, 0.717) is 5.75 Å². The molecule has 0 aromatic heterocycles. The Balaban J connectivity index is 2.31. The Hall–Kier alpha value is -2.37. The van der Waals surface area contributed by atoms with Gasteiger partial charge in [-0.15, -0.1) is 0 Å². The normalized spacial score (nSPS) is 27.9. The predicted molar refractivity (Wildman–Crippen MR) is 65.5 cm³/mol. The van der Waals surface area contributed by atoms with Gasteiger partial charge in [-0.2, -0.15) is 0 Å². The molecular weight excluding hydrogens is 264 g/mol. The number of ether oxygens (including phenoxy) is 2. The van der Waals surface area contributed by atoms with Crippen LogP contribution >= 0.6 is 0 Å². The summed E-state index contributed by atoms with van der Waals surface area (Å²) in [7, 11) is 1.40. The third-order valence-corrected chi connectivity index (χ3v) is 3.96. The summed E-state index contributed by atoms with van der Waals surface area (Å²) in [5.74, 6) is -2.61. The van der Waals surface area contributed by atoms with Gasteiger partial charge < -0.3 is 14.6 Å². The SMILES string of the molecule is COc1cc(O)c2c(c1)C1(OC2=O)C(=O)C(=O)CC1C. The highest BCUT2D eigenvalue weighted by Crippen LogP contribution is 2.51. The Kier molecular flexibility index (Phi) is 2.41. The third kappa shape index (κ3) is 1.31. The van der Waals surface area contributed by atoms with Gasteiger partial charge >= 0.3 is 5.97 Å².